The first-order chi connectivity index (χ1) is 13.0. The summed E-state index contributed by atoms with van der Waals surface area (Å²) in [7, 11) is 0. The standard InChI is InChI=1S/C20H26N2O6/c1-19(2,3)14-8-10-20(11-9-14)21(16(12-28-20)18(24)25)17(23)13-4-6-15(7-5-13)22(26)27/h4-7,14,16H,8-12H2,1-3H3,(H,24,25)/t14?,16-,20?/m1/s1. The fourth-order valence-corrected chi connectivity index (χ4v) is 4.36. The third-order valence-corrected chi connectivity index (χ3v) is 6.08. The van der Waals surface area contributed by atoms with Crippen LogP contribution in [-0.2, 0) is 9.53 Å². The van der Waals surface area contributed by atoms with E-state index < -0.39 is 28.6 Å². The molecule has 1 saturated carbocycles. The Morgan fingerprint density at radius 3 is 2.25 bits per heavy atom. The van der Waals surface area contributed by atoms with E-state index in [4.69, 9.17) is 4.74 Å². The molecule has 1 aromatic carbocycles. The van der Waals surface area contributed by atoms with Crippen molar-refractivity contribution in [1.82, 2.24) is 4.90 Å². The van der Waals surface area contributed by atoms with Gasteiger partial charge in [-0.25, -0.2) is 4.79 Å². The molecule has 0 unspecified atom stereocenters. The number of benzene rings is 1. The summed E-state index contributed by atoms with van der Waals surface area (Å²) in [4.78, 5) is 36.6. The Bertz CT molecular complexity index is 775. The van der Waals surface area contributed by atoms with Crippen LogP contribution in [0.2, 0.25) is 0 Å². The summed E-state index contributed by atoms with van der Waals surface area (Å²) >= 11 is 0. The summed E-state index contributed by atoms with van der Waals surface area (Å²) in [6.45, 7) is 6.51. The third-order valence-electron chi connectivity index (χ3n) is 6.08. The molecular weight excluding hydrogens is 364 g/mol. The van der Waals surface area contributed by atoms with Crippen molar-refractivity contribution in [1.29, 1.82) is 0 Å². The van der Waals surface area contributed by atoms with Crippen LogP contribution in [0.15, 0.2) is 24.3 Å². The van der Waals surface area contributed by atoms with Crippen LogP contribution >= 0.6 is 0 Å². The molecule has 1 amide bonds. The first-order valence-electron chi connectivity index (χ1n) is 9.50. The minimum Gasteiger partial charge on any atom is -0.480 e. The lowest BCUT2D eigenvalue weighted by Gasteiger charge is -2.46. The number of hydrogen-bond donors (Lipinski definition) is 1. The minimum atomic E-state index is -1.11. The molecule has 8 nitrogen and oxygen atoms in total. The lowest BCUT2D eigenvalue weighted by molar-refractivity contribution is -0.384. The molecular formula is C20H26N2O6. The van der Waals surface area contributed by atoms with Gasteiger partial charge < -0.3 is 9.84 Å². The van der Waals surface area contributed by atoms with Gasteiger partial charge in [0.1, 0.15) is 5.72 Å². The number of nitrogens with zero attached hydrogens (tertiary/aromatic N) is 2. The van der Waals surface area contributed by atoms with Gasteiger partial charge in [-0.05, 0) is 49.1 Å². The largest absolute Gasteiger partial charge is 0.480 e. The molecule has 1 saturated heterocycles. The first kappa shape index (κ1) is 20.3. The van der Waals surface area contributed by atoms with Crippen LogP contribution < -0.4 is 0 Å². The average Bonchev–Trinajstić information content (AvgIpc) is 2.99. The number of non-ortho nitro benzene ring substituents is 1. The van der Waals surface area contributed by atoms with E-state index in [1.165, 1.54) is 29.2 Å². The van der Waals surface area contributed by atoms with Crippen LogP contribution in [0.1, 0.15) is 56.8 Å². The Balaban J connectivity index is 1.89. The summed E-state index contributed by atoms with van der Waals surface area (Å²) in [5, 5.41) is 20.5. The van der Waals surface area contributed by atoms with Gasteiger partial charge >= 0.3 is 5.97 Å². The van der Waals surface area contributed by atoms with Crippen molar-refractivity contribution >= 4 is 17.6 Å². The molecule has 0 bridgehead atoms. The molecule has 152 valence electrons. The summed E-state index contributed by atoms with van der Waals surface area (Å²) in [5.41, 5.74) is -0.687. The molecule has 2 fully saturated rings. The first-order valence-corrected chi connectivity index (χ1v) is 9.50. The molecule has 1 spiro atoms. The van der Waals surface area contributed by atoms with E-state index in [2.05, 4.69) is 20.8 Å². The highest BCUT2D eigenvalue weighted by molar-refractivity contribution is 5.97. The summed E-state index contributed by atoms with van der Waals surface area (Å²) < 4.78 is 5.95. The molecule has 28 heavy (non-hydrogen) atoms. The molecule has 0 radical (unpaired) electrons. The highest BCUT2D eigenvalue weighted by atomic mass is 16.6. The molecule has 1 aromatic rings. The predicted octanol–water partition coefficient (Wildman–Crippen LogP) is 3.45. The molecule has 1 aliphatic heterocycles. The lowest BCUT2D eigenvalue weighted by atomic mass is 9.70. The molecule has 0 aromatic heterocycles. The van der Waals surface area contributed by atoms with Gasteiger partial charge in [-0.3, -0.25) is 19.8 Å². The van der Waals surface area contributed by atoms with E-state index in [1.54, 1.807) is 0 Å². The maximum absolute atomic E-state index is 13.2. The van der Waals surface area contributed by atoms with Crippen molar-refractivity contribution in [3.63, 3.8) is 0 Å². The fraction of sp³-hybridized carbons (Fsp3) is 0.600. The summed E-state index contributed by atoms with van der Waals surface area (Å²) in [6, 6.07) is 4.18. The van der Waals surface area contributed by atoms with Gasteiger partial charge in [0.2, 0.25) is 0 Å². The zero-order valence-corrected chi connectivity index (χ0v) is 16.4. The van der Waals surface area contributed by atoms with E-state index in [0.717, 1.165) is 12.8 Å². The number of hydrogen-bond acceptors (Lipinski definition) is 5. The quantitative estimate of drug-likeness (QED) is 0.625. The van der Waals surface area contributed by atoms with E-state index in [9.17, 15) is 24.8 Å². The maximum atomic E-state index is 13.2. The number of rotatable bonds is 3. The third kappa shape index (κ3) is 3.61. The maximum Gasteiger partial charge on any atom is 0.328 e. The van der Waals surface area contributed by atoms with Gasteiger partial charge in [0.25, 0.3) is 11.6 Å². The Morgan fingerprint density at radius 2 is 1.79 bits per heavy atom. The monoisotopic (exact) mass is 390 g/mol. The van der Waals surface area contributed by atoms with Gasteiger partial charge in [-0.2, -0.15) is 0 Å². The Kier molecular flexibility index (Phi) is 5.18. The Hall–Kier alpha value is -2.48. The zero-order valence-electron chi connectivity index (χ0n) is 16.4. The van der Waals surface area contributed by atoms with Crippen molar-refractivity contribution in [3.05, 3.63) is 39.9 Å². The summed E-state index contributed by atoms with van der Waals surface area (Å²) in [6.07, 6.45) is 2.86. The Labute approximate surface area is 163 Å². The number of ether oxygens (including phenoxy) is 1. The van der Waals surface area contributed by atoms with Crippen molar-refractivity contribution < 1.29 is 24.4 Å². The van der Waals surface area contributed by atoms with Gasteiger partial charge in [0, 0.05) is 17.7 Å². The van der Waals surface area contributed by atoms with Crippen LogP contribution in [0, 0.1) is 21.4 Å². The second-order valence-corrected chi connectivity index (χ2v) is 8.73. The molecule has 1 N–H and O–H groups in total. The number of carbonyl (C=O) groups excluding carboxylic acids is 1. The van der Waals surface area contributed by atoms with E-state index in [0.29, 0.717) is 18.8 Å². The molecule has 3 rings (SSSR count). The van der Waals surface area contributed by atoms with Gasteiger partial charge in [0.15, 0.2) is 6.04 Å². The number of amides is 1. The number of carbonyl (C=O) groups is 2. The van der Waals surface area contributed by atoms with Crippen LogP contribution in [0.3, 0.4) is 0 Å². The van der Waals surface area contributed by atoms with Crippen molar-refractivity contribution in [2.75, 3.05) is 6.61 Å². The summed E-state index contributed by atoms with van der Waals surface area (Å²) in [5.74, 6) is -1.10. The van der Waals surface area contributed by atoms with Crippen molar-refractivity contribution in [2.24, 2.45) is 11.3 Å². The van der Waals surface area contributed by atoms with Gasteiger partial charge in [0.05, 0.1) is 11.5 Å². The normalized spacial score (nSPS) is 27.8. The topological polar surface area (TPSA) is 110 Å². The number of carboxylic acid groups (broad SMARTS) is 1. The van der Waals surface area contributed by atoms with Gasteiger partial charge in [-0.1, -0.05) is 20.8 Å². The van der Waals surface area contributed by atoms with E-state index in [-0.39, 0.29) is 23.3 Å². The zero-order chi connectivity index (χ0) is 20.7. The van der Waals surface area contributed by atoms with E-state index >= 15 is 0 Å². The van der Waals surface area contributed by atoms with Crippen molar-refractivity contribution in [2.45, 2.75) is 58.2 Å². The number of nitro groups is 1. The Morgan fingerprint density at radius 1 is 1.21 bits per heavy atom. The minimum absolute atomic E-state index is 0.0474. The second kappa shape index (κ2) is 7.16. The van der Waals surface area contributed by atoms with E-state index in [1.807, 2.05) is 0 Å². The highest BCUT2D eigenvalue weighted by Crippen LogP contribution is 2.47. The average molecular weight is 390 g/mol. The number of nitro benzene ring substituents is 1. The lowest BCUT2D eigenvalue weighted by Crippen LogP contribution is -2.55. The van der Waals surface area contributed by atoms with Gasteiger partial charge in [-0.15, -0.1) is 0 Å². The second-order valence-electron chi connectivity index (χ2n) is 8.73. The van der Waals surface area contributed by atoms with Crippen LogP contribution in [0.25, 0.3) is 0 Å². The number of carboxylic acids is 1. The van der Waals surface area contributed by atoms with Crippen LogP contribution in [0.4, 0.5) is 5.69 Å². The smallest absolute Gasteiger partial charge is 0.328 e. The fourth-order valence-electron chi connectivity index (χ4n) is 4.36. The van der Waals surface area contributed by atoms with Crippen molar-refractivity contribution in [3.8, 4) is 0 Å². The molecule has 2 aliphatic rings. The molecule has 1 atom stereocenters. The highest BCUT2D eigenvalue weighted by Gasteiger charge is 2.54. The molecule has 8 heteroatoms. The SMILES string of the molecule is CC(C)(C)C1CCC2(CC1)OC[C@H](C(=O)O)N2C(=O)c1ccc([N+](=O)[O-])cc1. The van der Waals surface area contributed by atoms with Crippen LogP contribution in [0.5, 0.6) is 0 Å². The van der Waals surface area contributed by atoms with Crippen LogP contribution in [-0.4, -0.2) is 45.2 Å². The molecule has 1 heterocycles. The predicted molar refractivity (Wildman–Crippen MR) is 101 cm³/mol. The number of aliphatic carboxylic acids is 1. The molecule has 1 aliphatic carbocycles.